The molecule has 0 spiro atoms. The molecule has 0 saturated heterocycles. The van der Waals surface area contributed by atoms with Crippen LogP contribution in [0.25, 0.3) is 0 Å². The van der Waals surface area contributed by atoms with E-state index in [0.717, 1.165) is 11.1 Å². The second-order valence-electron chi connectivity index (χ2n) is 8.06. The number of esters is 1. The lowest BCUT2D eigenvalue weighted by Gasteiger charge is -2.13. The van der Waals surface area contributed by atoms with Crippen LogP contribution in [-0.4, -0.2) is 49.7 Å². The van der Waals surface area contributed by atoms with E-state index in [0.29, 0.717) is 41.6 Å². The molecule has 0 saturated carbocycles. The Morgan fingerprint density at radius 1 is 0.868 bits per heavy atom. The molecule has 1 N–H and O–H groups in total. The zero-order chi connectivity index (χ0) is 27.2. The van der Waals surface area contributed by atoms with Crippen molar-refractivity contribution in [1.82, 2.24) is 0 Å². The fraction of sp³-hybridized carbons (Fsp3) is 0.276. The predicted molar refractivity (Wildman–Crippen MR) is 141 cm³/mol. The number of carboxylic acid groups (broad SMARTS) is 1. The van der Waals surface area contributed by atoms with Crippen molar-refractivity contribution in [3.05, 3.63) is 89.5 Å². The lowest BCUT2D eigenvalue weighted by Crippen LogP contribution is -2.13. The van der Waals surface area contributed by atoms with Gasteiger partial charge < -0.3 is 28.9 Å². The van der Waals surface area contributed by atoms with E-state index in [9.17, 15) is 9.59 Å². The third kappa shape index (κ3) is 9.16. The van der Waals surface area contributed by atoms with E-state index in [-0.39, 0.29) is 25.6 Å². The number of rotatable bonds is 15. The van der Waals surface area contributed by atoms with E-state index < -0.39 is 12.6 Å². The largest absolute Gasteiger partial charge is 0.489 e. The monoisotopic (exact) mass is 521 g/mol. The molecule has 0 aliphatic carbocycles. The molecule has 0 atom stereocenters. The molecule has 0 aliphatic rings. The average Bonchev–Trinajstić information content (AvgIpc) is 2.93. The maximum absolute atomic E-state index is 11.7. The summed E-state index contributed by atoms with van der Waals surface area (Å²) >= 11 is 0. The summed E-state index contributed by atoms with van der Waals surface area (Å²) in [6.07, 6.45) is 0.520. The van der Waals surface area contributed by atoms with Crippen molar-refractivity contribution in [3.8, 4) is 17.2 Å². The molecule has 0 aliphatic heterocycles. The van der Waals surface area contributed by atoms with Crippen LogP contribution in [0.4, 0.5) is 0 Å². The van der Waals surface area contributed by atoms with E-state index in [1.165, 1.54) is 7.11 Å². The number of aryl methyl sites for hydroxylation is 1. The third-order valence-electron chi connectivity index (χ3n) is 5.31. The number of carboxylic acids is 1. The first kappa shape index (κ1) is 28.0. The van der Waals surface area contributed by atoms with Crippen LogP contribution in [0.1, 0.15) is 30.0 Å². The Labute approximate surface area is 221 Å². The van der Waals surface area contributed by atoms with Gasteiger partial charge in [0.1, 0.15) is 43.3 Å². The molecule has 38 heavy (non-hydrogen) atoms. The van der Waals surface area contributed by atoms with Crippen molar-refractivity contribution in [2.75, 3.05) is 26.9 Å². The second kappa shape index (κ2) is 14.9. The second-order valence-corrected chi connectivity index (χ2v) is 8.06. The molecule has 3 rings (SSSR count). The van der Waals surface area contributed by atoms with E-state index in [4.69, 9.17) is 28.9 Å². The Balaban J connectivity index is 1.58. The number of nitrogens with zero attached hydrogens (tertiary/aromatic N) is 1. The SMILES string of the molecule is CCOC(=O)CCc1ccc(OCc2ccc(OC/C(=N\OC)c3ccccc3)cc2)cc1OCC(=O)O. The summed E-state index contributed by atoms with van der Waals surface area (Å²) in [5.74, 6) is 0.105. The molecule has 0 aromatic heterocycles. The van der Waals surface area contributed by atoms with Crippen LogP contribution >= 0.6 is 0 Å². The zero-order valence-electron chi connectivity index (χ0n) is 21.4. The minimum atomic E-state index is -1.10. The van der Waals surface area contributed by atoms with Crippen LogP contribution in [0.3, 0.4) is 0 Å². The molecule has 200 valence electrons. The molecule has 0 unspecified atom stereocenters. The van der Waals surface area contributed by atoms with Gasteiger partial charge in [-0.05, 0) is 42.7 Å². The van der Waals surface area contributed by atoms with E-state index in [2.05, 4.69) is 5.16 Å². The number of hydrogen-bond acceptors (Lipinski definition) is 8. The Kier molecular flexibility index (Phi) is 11.0. The number of carbonyl (C=O) groups is 2. The number of oxime groups is 1. The van der Waals surface area contributed by atoms with Gasteiger partial charge >= 0.3 is 11.9 Å². The summed E-state index contributed by atoms with van der Waals surface area (Å²) in [5, 5.41) is 13.1. The summed E-state index contributed by atoms with van der Waals surface area (Å²) in [5.41, 5.74) is 3.19. The van der Waals surface area contributed by atoms with Crippen molar-refractivity contribution < 1.29 is 38.5 Å². The summed E-state index contributed by atoms with van der Waals surface area (Å²) in [6.45, 7) is 2.07. The van der Waals surface area contributed by atoms with Crippen LogP contribution in [0.5, 0.6) is 17.2 Å². The highest BCUT2D eigenvalue weighted by atomic mass is 16.6. The van der Waals surface area contributed by atoms with Gasteiger partial charge in [0, 0.05) is 18.1 Å². The third-order valence-corrected chi connectivity index (χ3v) is 5.31. The van der Waals surface area contributed by atoms with Gasteiger partial charge in [-0.15, -0.1) is 0 Å². The fourth-order valence-electron chi connectivity index (χ4n) is 3.48. The van der Waals surface area contributed by atoms with Gasteiger partial charge in [0.05, 0.1) is 6.61 Å². The van der Waals surface area contributed by atoms with Gasteiger partial charge in [0.15, 0.2) is 6.61 Å². The number of carbonyl (C=O) groups excluding carboxylic acids is 1. The molecule has 3 aromatic carbocycles. The van der Waals surface area contributed by atoms with Crippen LogP contribution < -0.4 is 14.2 Å². The predicted octanol–water partition coefficient (Wildman–Crippen LogP) is 4.65. The summed E-state index contributed by atoms with van der Waals surface area (Å²) in [7, 11) is 1.50. The van der Waals surface area contributed by atoms with Crippen molar-refractivity contribution in [1.29, 1.82) is 0 Å². The molecule has 0 radical (unpaired) electrons. The Morgan fingerprint density at radius 3 is 2.29 bits per heavy atom. The zero-order valence-corrected chi connectivity index (χ0v) is 21.4. The minimum Gasteiger partial charge on any atom is -0.489 e. The number of hydrogen-bond donors (Lipinski definition) is 1. The van der Waals surface area contributed by atoms with Gasteiger partial charge in [-0.25, -0.2) is 4.79 Å². The number of ether oxygens (including phenoxy) is 4. The van der Waals surface area contributed by atoms with Gasteiger partial charge in [0.2, 0.25) is 0 Å². The highest BCUT2D eigenvalue weighted by Crippen LogP contribution is 2.27. The molecule has 9 nitrogen and oxygen atoms in total. The van der Waals surface area contributed by atoms with E-state index in [1.807, 2.05) is 54.6 Å². The van der Waals surface area contributed by atoms with Crippen LogP contribution in [0.2, 0.25) is 0 Å². The number of aliphatic carboxylic acids is 1. The molecule has 9 heteroatoms. The first-order valence-electron chi connectivity index (χ1n) is 12.1. The average molecular weight is 522 g/mol. The molecule has 0 bridgehead atoms. The normalized spacial score (nSPS) is 10.9. The van der Waals surface area contributed by atoms with Gasteiger partial charge in [-0.2, -0.15) is 0 Å². The molecular formula is C29H31NO8. The summed E-state index contributed by atoms with van der Waals surface area (Å²) in [4.78, 5) is 27.7. The lowest BCUT2D eigenvalue weighted by atomic mass is 10.1. The van der Waals surface area contributed by atoms with E-state index in [1.54, 1.807) is 25.1 Å². The quantitative estimate of drug-likeness (QED) is 0.175. The Bertz CT molecular complexity index is 1210. The van der Waals surface area contributed by atoms with Crippen molar-refractivity contribution >= 4 is 17.7 Å². The fourth-order valence-corrected chi connectivity index (χ4v) is 3.48. The van der Waals surface area contributed by atoms with Crippen LogP contribution in [0.15, 0.2) is 78.0 Å². The van der Waals surface area contributed by atoms with Gasteiger partial charge in [-0.1, -0.05) is 53.7 Å². The maximum Gasteiger partial charge on any atom is 0.341 e. The molecule has 0 amide bonds. The van der Waals surface area contributed by atoms with Crippen molar-refractivity contribution in [2.45, 2.75) is 26.4 Å². The first-order valence-corrected chi connectivity index (χ1v) is 12.1. The topological polar surface area (TPSA) is 113 Å². The standard InChI is InChI=1S/C29H31NO8/c1-3-35-29(33)16-12-23-11-15-25(17-27(23)38-20-28(31)32)36-18-21-9-13-24(14-10-21)37-19-26(30-34-2)22-7-5-4-6-8-22/h4-11,13-15,17H,3,12,16,18-20H2,1-2H3,(H,31,32)/b30-26+. The summed E-state index contributed by atoms with van der Waals surface area (Å²) < 4.78 is 22.2. The van der Waals surface area contributed by atoms with Gasteiger partial charge in [0.25, 0.3) is 0 Å². The van der Waals surface area contributed by atoms with Crippen molar-refractivity contribution in [3.63, 3.8) is 0 Å². The number of benzene rings is 3. The Hall–Kier alpha value is -4.53. The lowest BCUT2D eigenvalue weighted by molar-refractivity contribution is -0.143. The molecule has 3 aromatic rings. The molecule has 0 fully saturated rings. The van der Waals surface area contributed by atoms with Crippen LogP contribution in [-0.2, 0) is 32.2 Å². The maximum atomic E-state index is 11.7. The highest BCUT2D eigenvalue weighted by Gasteiger charge is 2.12. The minimum absolute atomic E-state index is 0.163. The molecular weight excluding hydrogens is 490 g/mol. The van der Waals surface area contributed by atoms with E-state index >= 15 is 0 Å². The first-order chi connectivity index (χ1) is 18.5. The van der Waals surface area contributed by atoms with Crippen LogP contribution in [0, 0.1) is 0 Å². The highest BCUT2D eigenvalue weighted by molar-refractivity contribution is 6.01. The van der Waals surface area contributed by atoms with Gasteiger partial charge in [-0.3, -0.25) is 4.79 Å². The summed E-state index contributed by atoms with van der Waals surface area (Å²) in [6, 6.07) is 22.3. The Morgan fingerprint density at radius 2 is 1.61 bits per heavy atom. The smallest absolute Gasteiger partial charge is 0.341 e. The molecule has 0 heterocycles. The van der Waals surface area contributed by atoms with Crippen molar-refractivity contribution in [2.24, 2.45) is 5.16 Å².